The van der Waals surface area contributed by atoms with Crippen molar-refractivity contribution in [3.05, 3.63) is 0 Å². The second-order valence-corrected chi connectivity index (χ2v) is 5.12. The maximum atomic E-state index is 11.5. The SMILES string of the molecule is CN(CCC(=O)NC1CC1)C1COCC1C(=O)O. The van der Waals surface area contributed by atoms with E-state index in [1.54, 1.807) is 0 Å². The van der Waals surface area contributed by atoms with Gasteiger partial charge in [-0.3, -0.25) is 14.5 Å². The van der Waals surface area contributed by atoms with Crippen molar-refractivity contribution in [1.29, 1.82) is 0 Å². The molecular formula is C12H20N2O4. The molecule has 1 saturated carbocycles. The van der Waals surface area contributed by atoms with Crippen molar-refractivity contribution < 1.29 is 19.4 Å². The van der Waals surface area contributed by atoms with Crippen molar-refractivity contribution in [2.45, 2.75) is 31.3 Å². The van der Waals surface area contributed by atoms with E-state index in [-0.39, 0.29) is 18.6 Å². The van der Waals surface area contributed by atoms with Gasteiger partial charge < -0.3 is 15.2 Å². The Balaban J connectivity index is 1.74. The number of carboxylic acids is 1. The molecule has 2 rings (SSSR count). The van der Waals surface area contributed by atoms with Crippen molar-refractivity contribution in [3.8, 4) is 0 Å². The van der Waals surface area contributed by atoms with Gasteiger partial charge in [-0.15, -0.1) is 0 Å². The standard InChI is InChI=1S/C12H20N2O4/c1-14(5-4-11(15)13-8-2-3-8)10-7-18-6-9(10)12(16)17/h8-10H,2-7H2,1H3,(H,13,15)(H,16,17). The summed E-state index contributed by atoms with van der Waals surface area (Å²) in [5, 5.41) is 12.0. The van der Waals surface area contributed by atoms with Crippen LogP contribution in [0.3, 0.4) is 0 Å². The molecule has 0 aromatic carbocycles. The summed E-state index contributed by atoms with van der Waals surface area (Å²) >= 11 is 0. The van der Waals surface area contributed by atoms with Gasteiger partial charge in [0, 0.05) is 25.0 Å². The molecule has 2 atom stereocenters. The highest BCUT2D eigenvalue weighted by atomic mass is 16.5. The van der Waals surface area contributed by atoms with Gasteiger partial charge in [-0.25, -0.2) is 0 Å². The van der Waals surface area contributed by atoms with E-state index in [2.05, 4.69) is 5.32 Å². The molecule has 0 radical (unpaired) electrons. The van der Waals surface area contributed by atoms with Crippen molar-refractivity contribution in [3.63, 3.8) is 0 Å². The van der Waals surface area contributed by atoms with Crippen LogP contribution in [0.5, 0.6) is 0 Å². The average Bonchev–Trinajstić information content (AvgIpc) is 2.98. The maximum absolute atomic E-state index is 11.5. The second-order valence-electron chi connectivity index (χ2n) is 5.12. The van der Waals surface area contributed by atoms with Gasteiger partial charge in [0.15, 0.2) is 0 Å². The van der Waals surface area contributed by atoms with E-state index in [4.69, 9.17) is 9.84 Å². The average molecular weight is 256 g/mol. The lowest BCUT2D eigenvalue weighted by atomic mass is 10.0. The van der Waals surface area contributed by atoms with Crippen LogP contribution in [0, 0.1) is 5.92 Å². The van der Waals surface area contributed by atoms with E-state index in [0.29, 0.717) is 25.6 Å². The van der Waals surface area contributed by atoms with Crippen LogP contribution in [0.4, 0.5) is 0 Å². The normalized spacial score (nSPS) is 27.4. The van der Waals surface area contributed by atoms with Crippen molar-refractivity contribution in [2.75, 3.05) is 26.8 Å². The van der Waals surface area contributed by atoms with Crippen LogP contribution in [0.25, 0.3) is 0 Å². The molecular weight excluding hydrogens is 236 g/mol. The number of carbonyl (C=O) groups is 2. The van der Waals surface area contributed by atoms with E-state index in [1.807, 2.05) is 11.9 Å². The summed E-state index contributed by atoms with van der Waals surface area (Å²) in [5.74, 6) is -1.26. The Kier molecular flexibility index (Phi) is 4.19. The molecule has 2 aliphatic rings. The molecule has 2 fully saturated rings. The van der Waals surface area contributed by atoms with Crippen LogP contribution in [0.2, 0.25) is 0 Å². The Morgan fingerprint density at radius 2 is 2.11 bits per heavy atom. The summed E-state index contributed by atoms with van der Waals surface area (Å²) < 4.78 is 5.21. The third-order valence-electron chi connectivity index (χ3n) is 3.57. The molecule has 18 heavy (non-hydrogen) atoms. The van der Waals surface area contributed by atoms with Gasteiger partial charge in [0.05, 0.1) is 19.1 Å². The minimum absolute atomic E-state index is 0.0511. The third-order valence-corrected chi connectivity index (χ3v) is 3.57. The second kappa shape index (κ2) is 5.67. The number of amides is 1. The quantitative estimate of drug-likeness (QED) is 0.681. The highest BCUT2D eigenvalue weighted by Gasteiger charge is 2.36. The predicted octanol–water partition coefficient (Wildman–Crippen LogP) is -0.313. The Hall–Kier alpha value is -1.14. The molecule has 1 aliphatic carbocycles. The smallest absolute Gasteiger partial charge is 0.310 e. The molecule has 6 nitrogen and oxygen atoms in total. The number of nitrogens with one attached hydrogen (secondary N) is 1. The van der Waals surface area contributed by atoms with E-state index < -0.39 is 11.9 Å². The van der Waals surface area contributed by atoms with Gasteiger partial charge in [-0.05, 0) is 19.9 Å². The molecule has 0 bridgehead atoms. The number of carboxylic acid groups (broad SMARTS) is 1. The van der Waals surface area contributed by atoms with E-state index in [0.717, 1.165) is 12.8 Å². The van der Waals surface area contributed by atoms with Gasteiger partial charge in [-0.2, -0.15) is 0 Å². The zero-order valence-electron chi connectivity index (χ0n) is 10.6. The van der Waals surface area contributed by atoms with E-state index in [9.17, 15) is 9.59 Å². The van der Waals surface area contributed by atoms with Crippen LogP contribution >= 0.6 is 0 Å². The van der Waals surface area contributed by atoms with Gasteiger partial charge >= 0.3 is 5.97 Å². The molecule has 1 aliphatic heterocycles. The summed E-state index contributed by atoms with van der Waals surface area (Å²) in [6.07, 6.45) is 2.58. The fourth-order valence-electron chi connectivity index (χ4n) is 2.18. The van der Waals surface area contributed by atoms with Crippen molar-refractivity contribution in [2.24, 2.45) is 5.92 Å². The molecule has 1 amide bonds. The lowest BCUT2D eigenvalue weighted by Gasteiger charge is -2.25. The zero-order chi connectivity index (χ0) is 13.1. The first-order chi connectivity index (χ1) is 8.58. The number of ether oxygens (including phenoxy) is 1. The Labute approximate surface area is 106 Å². The summed E-state index contributed by atoms with van der Waals surface area (Å²) in [5.41, 5.74) is 0. The van der Waals surface area contributed by atoms with E-state index in [1.165, 1.54) is 0 Å². The highest BCUT2D eigenvalue weighted by Crippen LogP contribution is 2.20. The van der Waals surface area contributed by atoms with Crippen LogP contribution in [-0.2, 0) is 14.3 Å². The van der Waals surface area contributed by atoms with Gasteiger partial charge in [-0.1, -0.05) is 0 Å². The summed E-state index contributed by atoms with van der Waals surface area (Å²) in [4.78, 5) is 24.5. The molecule has 2 unspecified atom stereocenters. The van der Waals surface area contributed by atoms with E-state index >= 15 is 0 Å². The number of nitrogens with zero attached hydrogens (tertiary/aromatic N) is 1. The minimum Gasteiger partial charge on any atom is -0.481 e. The fourth-order valence-corrected chi connectivity index (χ4v) is 2.18. The number of hydrogen-bond donors (Lipinski definition) is 2. The Morgan fingerprint density at radius 3 is 2.72 bits per heavy atom. The lowest BCUT2D eigenvalue weighted by Crippen LogP contribution is -2.42. The first kappa shape index (κ1) is 13.3. The monoisotopic (exact) mass is 256 g/mol. The molecule has 102 valence electrons. The molecule has 1 heterocycles. The number of likely N-dealkylation sites (N-methyl/N-ethyl adjacent to an activating group) is 1. The van der Waals surface area contributed by atoms with Crippen molar-refractivity contribution >= 4 is 11.9 Å². The number of hydrogen-bond acceptors (Lipinski definition) is 4. The van der Waals surface area contributed by atoms with Crippen molar-refractivity contribution in [1.82, 2.24) is 10.2 Å². The topological polar surface area (TPSA) is 78.9 Å². The molecule has 2 N–H and O–H groups in total. The summed E-state index contributed by atoms with van der Waals surface area (Å²) in [6, 6.07) is 0.251. The lowest BCUT2D eigenvalue weighted by molar-refractivity contribution is -0.143. The summed E-state index contributed by atoms with van der Waals surface area (Å²) in [7, 11) is 1.85. The Morgan fingerprint density at radius 1 is 1.39 bits per heavy atom. The molecule has 0 aromatic heterocycles. The number of aliphatic carboxylic acids is 1. The minimum atomic E-state index is -0.827. The third kappa shape index (κ3) is 3.43. The predicted molar refractivity (Wildman–Crippen MR) is 64.1 cm³/mol. The Bertz CT molecular complexity index is 330. The zero-order valence-corrected chi connectivity index (χ0v) is 10.6. The maximum Gasteiger partial charge on any atom is 0.310 e. The number of carbonyl (C=O) groups excluding carboxylic acids is 1. The summed E-state index contributed by atoms with van der Waals surface area (Å²) in [6.45, 7) is 1.26. The molecule has 6 heteroatoms. The van der Waals surface area contributed by atoms with Gasteiger partial charge in [0.25, 0.3) is 0 Å². The highest BCUT2D eigenvalue weighted by molar-refractivity contribution is 5.76. The number of rotatable bonds is 6. The van der Waals surface area contributed by atoms with Gasteiger partial charge in [0.2, 0.25) is 5.91 Å². The fraction of sp³-hybridized carbons (Fsp3) is 0.833. The van der Waals surface area contributed by atoms with Crippen LogP contribution in [0.1, 0.15) is 19.3 Å². The van der Waals surface area contributed by atoms with Crippen LogP contribution in [0.15, 0.2) is 0 Å². The van der Waals surface area contributed by atoms with Crippen LogP contribution < -0.4 is 5.32 Å². The molecule has 0 aromatic rings. The van der Waals surface area contributed by atoms with Gasteiger partial charge in [0.1, 0.15) is 0 Å². The van der Waals surface area contributed by atoms with Crippen LogP contribution in [-0.4, -0.2) is 60.8 Å². The molecule has 0 spiro atoms. The first-order valence-corrected chi connectivity index (χ1v) is 6.38. The largest absolute Gasteiger partial charge is 0.481 e. The first-order valence-electron chi connectivity index (χ1n) is 6.38. The molecule has 1 saturated heterocycles.